The summed E-state index contributed by atoms with van der Waals surface area (Å²) in [6.07, 6.45) is 0.841. The summed E-state index contributed by atoms with van der Waals surface area (Å²) in [5, 5.41) is 17.4. The standard InChI is InChI=1S/C14H18N2O4S/c1-10-6-7-12(9-15)8-13(10)21(19,20)16-11(2)4-3-5-14(17)18/h6-8,11,16H,3-5H2,1-2H3,(H,17,18)/t11-/m1/s1. The van der Waals surface area contributed by atoms with Crippen LogP contribution in [0.4, 0.5) is 0 Å². The maximum atomic E-state index is 12.3. The van der Waals surface area contributed by atoms with Gasteiger partial charge in [0.2, 0.25) is 10.0 Å². The van der Waals surface area contributed by atoms with Crippen LogP contribution in [-0.2, 0) is 14.8 Å². The highest BCUT2D eigenvalue weighted by Crippen LogP contribution is 2.17. The van der Waals surface area contributed by atoms with Crippen LogP contribution in [0.25, 0.3) is 0 Å². The number of aliphatic carboxylic acids is 1. The third kappa shape index (κ3) is 5.17. The number of nitrogens with one attached hydrogen (secondary N) is 1. The second-order valence-electron chi connectivity index (χ2n) is 4.90. The third-order valence-electron chi connectivity index (χ3n) is 2.99. The lowest BCUT2D eigenvalue weighted by molar-refractivity contribution is -0.137. The Morgan fingerprint density at radius 1 is 1.48 bits per heavy atom. The van der Waals surface area contributed by atoms with Gasteiger partial charge in [-0.25, -0.2) is 13.1 Å². The number of nitrogens with zero attached hydrogens (tertiary/aromatic N) is 1. The quantitative estimate of drug-likeness (QED) is 0.798. The molecule has 0 saturated heterocycles. The van der Waals surface area contributed by atoms with Crippen LogP contribution in [0.3, 0.4) is 0 Å². The van der Waals surface area contributed by atoms with Crippen LogP contribution in [0.5, 0.6) is 0 Å². The molecule has 1 rings (SSSR count). The molecule has 0 spiro atoms. The van der Waals surface area contributed by atoms with Gasteiger partial charge in [0.15, 0.2) is 0 Å². The van der Waals surface area contributed by atoms with E-state index < -0.39 is 16.0 Å². The fourth-order valence-corrected chi connectivity index (χ4v) is 3.45. The molecule has 0 saturated carbocycles. The van der Waals surface area contributed by atoms with Crippen molar-refractivity contribution >= 4 is 16.0 Å². The second-order valence-corrected chi connectivity index (χ2v) is 6.58. The van der Waals surface area contributed by atoms with Gasteiger partial charge in [0.1, 0.15) is 0 Å². The molecule has 114 valence electrons. The lowest BCUT2D eigenvalue weighted by Crippen LogP contribution is -2.33. The molecule has 0 unspecified atom stereocenters. The van der Waals surface area contributed by atoms with E-state index in [0.29, 0.717) is 18.4 Å². The molecule has 0 aliphatic heterocycles. The summed E-state index contributed by atoms with van der Waals surface area (Å²) in [5.41, 5.74) is 0.832. The van der Waals surface area contributed by atoms with Crippen molar-refractivity contribution in [1.29, 1.82) is 5.26 Å². The van der Waals surface area contributed by atoms with Crippen molar-refractivity contribution in [3.05, 3.63) is 29.3 Å². The number of hydrogen-bond acceptors (Lipinski definition) is 4. The average molecular weight is 310 g/mol. The number of aryl methyl sites for hydroxylation is 1. The molecule has 0 fully saturated rings. The van der Waals surface area contributed by atoms with E-state index in [1.807, 2.05) is 6.07 Å². The lowest BCUT2D eigenvalue weighted by Gasteiger charge is -2.15. The number of sulfonamides is 1. The molecule has 1 atom stereocenters. The number of carbonyl (C=O) groups is 1. The van der Waals surface area contributed by atoms with E-state index in [1.54, 1.807) is 26.0 Å². The predicted octanol–water partition coefficient (Wildman–Crippen LogP) is 1.79. The highest BCUT2D eigenvalue weighted by molar-refractivity contribution is 7.89. The normalized spacial score (nSPS) is 12.6. The minimum absolute atomic E-state index is 0.00894. The first kappa shape index (κ1) is 17.1. The van der Waals surface area contributed by atoms with Gasteiger partial charge in [-0.1, -0.05) is 6.07 Å². The number of rotatable bonds is 7. The van der Waals surface area contributed by atoms with Crippen molar-refractivity contribution in [3.8, 4) is 6.07 Å². The number of carboxylic acid groups (broad SMARTS) is 1. The zero-order valence-electron chi connectivity index (χ0n) is 12.0. The molecule has 0 aliphatic rings. The summed E-state index contributed by atoms with van der Waals surface area (Å²) >= 11 is 0. The van der Waals surface area contributed by atoms with E-state index in [9.17, 15) is 13.2 Å². The SMILES string of the molecule is Cc1ccc(C#N)cc1S(=O)(=O)N[C@H](C)CCCC(=O)O. The fraction of sp³-hybridized carbons (Fsp3) is 0.429. The molecular weight excluding hydrogens is 292 g/mol. The molecule has 6 nitrogen and oxygen atoms in total. The fourth-order valence-electron chi connectivity index (χ4n) is 1.91. The van der Waals surface area contributed by atoms with Gasteiger partial charge in [-0.3, -0.25) is 4.79 Å². The number of carboxylic acids is 1. The maximum Gasteiger partial charge on any atom is 0.303 e. The molecule has 21 heavy (non-hydrogen) atoms. The maximum absolute atomic E-state index is 12.3. The van der Waals surface area contributed by atoms with Crippen LogP contribution in [0, 0.1) is 18.3 Å². The van der Waals surface area contributed by atoms with Gasteiger partial charge in [0, 0.05) is 12.5 Å². The monoisotopic (exact) mass is 310 g/mol. The molecule has 0 heterocycles. The van der Waals surface area contributed by atoms with Crippen LogP contribution in [0.1, 0.15) is 37.3 Å². The minimum atomic E-state index is -3.72. The zero-order chi connectivity index (χ0) is 16.0. The van der Waals surface area contributed by atoms with Gasteiger partial charge in [-0.2, -0.15) is 5.26 Å². The Morgan fingerprint density at radius 3 is 2.71 bits per heavy atom. The molecule has 0 bridgehead atoms. The predicted molar refractivity (Wildman–Crippen MR) is 77.2 cm³/mol. The molecule has 0 aromatic heterocycles. The summed E-state index contributed by atoms with van der Waals surface area (Å²) in [5.74, 6) is -0.900. The first-order valence-corrected chi connectivity index (χ1v) is 7.99. The van der Waals surface area contributed by atoms with Crippen molar-refractivity contribution < 1.29 is 18.3 Å². The molecule has 0 amide bonds. The molecule has 1 aromatic carbocycles. The highest BCUT2D eigenvalue weighted by Gasteiger charge is 2.20. The van der Waals surface area contributed by atoms with Gasteiger partial charge >= 0.3 is 5.97 Å². The minimum Gasteiger partial charge on any atom is -0.481 e. The summed E-state index contributed by atoms with van der Waals surface area (Å²) in [7, 11) is -3.72. The Balaban J connectivity index is 2.82. The van der Waals surface area contributed by atoms with E-state index in [1.165, 1.54) is 6.07 Å². The molecular formula is C14H18N2O4S. The molecule has 2 N–H and O–H groups in total. The first-order valence-electron chi connectivity index (χ1n) is 6.51. The molecule has 7 heteroatoms. The first-order chi connectivity index (χ1) is 9.76. The lowest BCUT2D eigenvalue weighted by atomic mass is 10.1. The van der Waals surface area contributed by atoms with Gasteiger partial charge < -0.3 is 5.11 Å². The second kappa shape index (κ2) is 7.20. The van der Waals surface area contributed by atoms with Crippen LogP contribution < -0.4 is 4.72 Å². The number of benzene rings is 1. The topological polar surface area (TPSA) is 107 Å². The number of nitriles is 1. The van der Waals surface area contributed by atoms with Crippen molar-refractivity contribution in [2.75, 3.05) is 0 Å². The van der Waals surface area contributed by atoms with Crippen LogP contribution in [0.15, 0.2) is 23.1 Å². The van der Waals surface area contributed by atoms with E-state index >= 15 is 0 Å². The molecule has 0 radical (unpaired) electrons. The van der Waals surface area contributed by atoms with Crippen LogP contribution >= 0.6 is 0 Å². The van der Waals surface area contributed by atoms with Crippen LogP contribution in [-0.4, -0.2) is 25.5 Å². The third-order valence-corrected chi connectivity index (χ3v) is 4.72. The highest BCUT2D eigenvalue weighted by atomic mass is 32.2. The summed E-state index contributed by atoms with van der Waals surface area (Å²) in [4.78, 5) is 10.5. The van der Waals surface area contributed by atoms with Gasteiger partial charge in [-0.05, 0) is 44.4 Å². The molecule has 0 aliphatic carbocycles. The average Bonchev–Trinajstić information content (AvgIpc) is 2.38. The Kier molecular flexibility index (Phi) is 5.88. The van der Waals surface area contributed by atoms with E-state index in [4.69, 9.17) is 10.4 Å². The Bertz CT molecular complexity index is 662. The Hall–Kier alpha value is -1.91. The van der Waals surface area contributed by atoms with E-state index in [-0.39, 0.29) is 22.9 Å². The Labute approximate surface area is 124 Å². The van der Waals surface area contributed by atoms with Crippen LogP contribution in [0.2, 0.25) is 0 Å². The van der Waals surface area contributed by atoms with Crippen molar-refractivity contribution in [2.24, 2.45) is 0 Å². The van der Waals surface area contributed by atoms with Crippen molar-refractivity contribution in [2.45, 2.75) is 44.0 Å². The van der Waals surface area contributed by atoms with E-state index in [2.05, 4.69) is 4.72 Å². The van der Waals surface area contributed by atoms with Gasteiger partial charge in [0.05, 0.1) is 16.5 Å². The summed E-state index contributed by atoms with van der Waals surface area (Å²) < 4.78 is 27.1. The summed E-state index contributed by atoms with van der Waals surface area (Å²) in [6.45, 7) is 3.34. The summed E-state index contributed by atoms with van der Waals surface area (Å²) in [6, 6.07) is 6.01. The van der Waals surface area contributed by atoms with Crippen molar-refractivity contribution in [1.82, 2.24) is 4.72 Å². The van der Waals surface area contributed by atoms with Gasteiger partial charge in [-0.15, -0.1) is 0 Å². The Morgan fingerprint density at radius 2 is 2.14 bits per heavy atom. The largest absolute Gasteiger partial charge is 0.481 e. The molecule has 1 aromatic rings. The van der Waals surface area contributed by atoms with Gasteiger partial charge in [0.25, 0.3) is 0 Å². The zero-order valence-corrected chi connectivity index (χ0v) is 12.8. The van der Waals surface area contributed by atoms with Crippen molar-refractivity contribution in [3.63, 3.8) is 0 Å². The number of hydrogen-bond donors (Lipinski definition) is 2. The van der Waals surface area contributed by atoms with E-state index in [0.717, 1.165) is 0 Å². The smallest absolute Gasteiger partial charge is 0.303 e.